The number of nitrogens with zero attached hydrogens (tertiary/aromatic N) is 1. The third-order valence-electron chi connectivity index (χ3n) is 6.66. The normalized spacial score (nSPS) is 17.2. The van der Waals surface area contributed by atoms with E-state index in [4.69, 9.17) is 4.74 Å². The van der Waals surface area contributed by atoms with Crippen molar-refractivity contribution in [1.82, 2.24) is 9.88 Å². The second-order valence-electron chi connectivity index (χ2n) is 8.64. The number of aromatic nitrogens is 1. The zero-order chi connectivity index (χ0) is 22.4. The van der Waals surface area contributed by atoms with Gasteiger partial charge in [-0.15, -0.1) is 0 Å². The topological polar surface area (TPSA) is 65.6 Å². The second-order valence-corrected chi connectivity index (χ2v) is 8.64. The number of nitrogens with one attached hydrogen (secondary N) is 1. The summed E-state index contributed by atoms with van der Waals surface area (Å²) >= 11 is 0. The zero-order valence-electron chi connectivity index (χ0n) is 18.1. The van der Waals surface area contributed by atoms with Gasteiger partial charge in [0.1, 0.15) is 11.5 Å². The third kappa shape index (κ3) is 3.46. The van der Waals surface area contributed by atoms with Gasteiger partial charge in [-0.05, 0) is 65.1 Å². The first-order valence-corrected chi connectivity index (χ1v) is 11.3. The molecule has 3 heterocycles. The molecule has 5 heteroatoms. The van der Waals surface area contributed by atoms with Gasteiger partial charge in [-0.1, -0.05) is 36.4 Å². The van der Waals surface area contributed by atoms with Gasteiger partial charge >= 0.3 is 0 Å². The minimum Gasteiger partial charge on any atom is -0.508 e. The first-order chi connectivity index (χ1) is 16.2. The fourth-order valence-corrected chi connectivity index (χ4v) is 5.05. The van der Waals surface area contributed by atoms with Gasteiger partial charge < -0.3 is 19.7 Å². The summed E-state index contributed by atoms with van der Waals surface area (Å²) in [5.41, 5.74) is 6.65. The number of hydrogen-bond donors (Lipinski definition) is 2. The number of ether oxygens (including phenoxy) is 1. The summed E-state index contributed by atoms with van der Waals surface area (Å²) in [7, 11) is 0. The molecule has 0 radical (unpaired) electrons. The Labute approximate surface area is 191 Å². The number of phenolic OH excluding ortho intramolecular Hbond substituents is 1. The van der Waals surface area contributed by atoms with Gasteiger partial charge in [0.2, 0.25) is 5.91 Å². The molecule has 2 aliphatic rings. The molecule has 0 spiro atoms. The number of rotatable bonds is 3. The van der Waals surface area contributed by atoms with Gasteiger partial charge in [0.05, 0.1) is 12.6 Å². The summed E-state index contributed by atoms with van der Waals surface area (Å²) < 4.78 is 5.71. The van der Waals surface area contributed by atoms with E-state index in [1.807, 2.05) is 17.0 Å². The van der Waals surface area contributed by atoms with Crippen molar-refractivity contribution in [2.24, 2.45) is 0 Å². The summed E-state index contributed by atoms with van der Waals surface area (Å²) in [6, 6.07) is 21.3. The summed E-state index contributed by atoms with van der Waals surface area (Å²) in [6.45, 7) is 1.35. The third-order valence-corrected chi connectivity index (χ3v) is 6.66. The van der Waals surface area contributed by atoms with E-state index in [9.17, 15) is 9.90 Å². The monoisotopic (exact) mass is 436 g/mol. The Morgan fingerprint density at radius 1 is 1.06 bits per heavy atom. The summed E-state index contributed by atoms with van der Waals surface area (Å²) in [5, 5.41) is 10.7. The van der Waals surface area contributed by atoms with Crippen LogP contribution in [0.4, 0.5) is 0 Å². The van der Waals surface area contributed by atoms with Crippen LogP contribution in [0.3, 0.4) is 0 Å². The Kier molecular flexibility index (Phi) is 4.68. The van der Waals surface area contributed by atoms with Crippen LogP contribution in [0.2, 0.25) is 0 Å². The number of aromatic amines is 1. The molecular formula is C28H24N2O3. The fourth-order valence-electron chi connectivity index (χ4n) is 5.05. The van der Waals surface area contributed by atoms with E-state index in [2.05, 4.69) is 35.3 Å². The van der Waals surface area contributed by atoms with Gasteiger partial charge in [-0.2, -0.15) is 0 Å². The number of carbonyl (C=O) groups is 1. The van der Waals surface area contributed by atoms with E-state index < -0.39 is 0 Å². The Morgan fingerprint density at radius 2 is 1.91 bits per heavy atom. The number of hydrogen-bond acceptors (Lipinski definition) is 3. The molecule has 0 saturated carbocycles. The summed E-state index contributed by atoms with van der Waals surface area (Å²) in [6.07, 6.45) is 5.13. The van der Waals surface area contributed by atoms with Crippen LogP contribution in [-0.2, 0) is 17.6 Å². The van der Waals surface area contributed by atoms with Crippen LogP contribution >= 0.6 is 0 Å². The molecule has 1 atom stereocenters. The van der Waals surface area contributed by atoms with Crippen molar-refractivity contribution < 1.29 is 14.6 Å². The number of H-pyrrole nitrogens is 1. The van der Waals surface area contributed by atoms with Crippen LogP contribution in [0.15, 0.2) is 72.8 Å². The average molecular weight is 437 g/mol. The molecule has 2 aliphatic heterocycles. The van der Waals surface area contributed by atoms with Crippen LogP contribution in [-0.4, -0.2) is 34.0 Å². The van der Waals surface area contributed by atoms with E-state index in [0.29, 0.717) is 13.2 Å². The predicted molar refractivity (Wildman–Crippen MR) is 128 cm³/mol. The lowest BCUT2D eigenvalue weighted by molar-refractivity contribution is -0.128. The van der Waals surface area contributed by atoms with Gasteiger partial charge in [-0.3, -0.25) is 4.79 Å². The lowest BCUT2D eigenvalue weighted by atomic mass is 9.91. The highest BCUT2D eigenvalue weighted by molar-refractivity contribution is 5.93. The molecule has 2 N–H and O–H groups in total. The Balaban J connectivity index is 1.42. The molecule has 0 bridgehead atoms. The van der Waals surface area contributed by atoms with Gasteiger partial charge in [0.15, 0.2) is 0 Å². The minimum atomic E-state index is -0.191. The van der Waals surface area contributed by atoms with E-state index in [-0.39, 0.29) is 17.7 Å². The van der Waals surface area contributed by atoms with Crippen molar-refractivity contribution in [2.75, 3.05) is 13.2 Å². The van der Waals surface area contributed by atoms with Crippen molar-refractivity contribution >= 4 is 22.9 Å². The first-order valence-electron chi connectivity index (χ1n) is 11.3. The molecule has 1 amide bonds. The smallest absolute Gasteiger partial charge is 0.247 e. The standard InChI is InChI=1S/C28H24N2O3/c31-21-9-5-18(6-10-21)7-12-26(32)30-15-13-23-22-3-1-2-4-24(22)29-27(23)28(30)20-8-11-25-19(17-20)14-16-33-25/h1-12,17,28-29,31H,13-16H2/b12-7+/t28-/m1/s1. The quantitative estimate of drug-likeness (QED) is 0.445. The van der Waals surface area contributed by atoms with E-state index in [1.165, 1.54) is 16.5 Å². The van der Waals surface area contributed by atoms with Crippen LogP contribution in [0.1, 0.15) is 34.0 Å². The number of phenols is 1. The van der Waals surface area contributed by atoms with E-state index >= 15 is 0 Å². The van der Waals surface area contributed by atoms with Crippen molar-refractivity contribution in [3.05, 3.63) is 101 Å². The number of carbonyl (C=O) groups excluding carboxylic acids is 1. The molecule has 6 rings (SSSR count). The van der Waals surface area contributed by atoms with Crippen LogP contribution in [0.5, 0.6) is 11.5 Å². The van der Waals surface area contributed by atoms with Gasteiger partial charge in [-0.25, -0.2) is 0 Å². The lowest BCUT2D eigenvalue weighted by Gasteiger charge is -2.36. The minimum absolute atomic E-state index is 0.0332. The highest BCUT2D eigenvalue weighted by atomic mass is 16.5. The van der Waals surface area contributed by atoms with Gasteiger partial charge in [0, 0.05) is 35.6 Å². The zero-order valence-corrected chi connectivity index (χ0v) is 18.1. The second kappa shape index (κ2) is 7.85. The molecule has 3 aromatic carbocycles. The molecule has 5 nitrogen and oxygen atoms in total. The number of fused-ring (bicyclic) bond motifs is 4. The summed E-state index contributed by atoms with van der Waals surface area (Å²) in [4.78, 5) is 19.0. The number of amides is 1. The number of aromatic hydroxyl groups is 1. The maximum atomic E-state index is 13.4. The van der Waals surface area contributed by atoms with E-state index in [1.54, 1.807) is 36.4 Å². The molecule has 164 valence electrons. The molecule has 0 aliphatic carbocycles. The molecule has 4 aromatic rings. The average Bonchev–Trinajstić information content (AvgIpc) is 3.46. The fraction of sp³-hybridized carbons (Fsp3) is 0.179. The van der Waals surface area contributed by atoms with Crippen LogP contribution in [0.25, 0.3) is 17.0 Å². The maximum absolute atomic E-state index is 13.4. The molecule has 1 aromatic heterocycles. The summed E-state index contributed by atoms with van der Waals surface area (Å²) in [5.74, 6) is 1.12. The lowest BCUT2D eigenvalue weighted by Crippen LogP contribution is -2.39. The largest absolute Gasteiger partial charge is 0.508 e. The Hall–Kier alpha value is -3.99. The molecule has 0 fully saturated rings. The highest BCUT2D eigenvalue weighted by Crippen LogP contribution is 2.40. The molecule has 33 heavy (non-hydrogen) atoms. The van der Waals surface area contributed by atoms with Crippen molar-refractivity contribution in [3.63, 3.8) is 0 Å². The van der Waals surface area contributed by atoms with Crippen LogP contribution in [0, 0.1) is 0 Å². The van der Waals surface area contributed by atoms with Gasteiger partial charge in [0.25, 0.3) is 0 Å². The molecule has 0 saturated heterocycles. The Bertz CT molecular complexity index is 1380. The molecular weight excluding hydrogens is 412 g/mol. The Morgan fingerprint density at radius 3 is 2.79 bits per heavy atom. The number of para-hydroxylation sites is 1. The highest BCUT2D eigenvalue weighted by Gasteiger charge is 2.34. The van der Waals surface area contributed by atoms with Crippen molar-refractivity contribution in [3.8, 4) is 11.5 Å². The number of benzene rings is 3. The molecule has 0 unspecified atom stereocenters. The van der Waals surface area contributed by atoms with Crippen LogP contribution < -0.4 is 4.74 Å². The maximum Gasteiger partial charge on any atom is 0.247 e. The van der Waals surface area contributed by atoms with Crippen molar-refractivity contribution in [1.29, 1.82) is 0 Å². The van der Waals surface area contributed by atoms with Crippen molar-refractivity contribution in [2.45, 2.75) is 18.9 Å². The first kappa shape index (κ1) is 19.7. The predicted octanol–water partition coefficient (Wildman–Crippen LogP) is 5.00. The van der Waals surface area contributed by atoms with E-state index in [0.717, 1.165) is 40.9 Å². The SMILES string of the molecule is O=C(/C=C/c1ccc(O)cc1)N1CCc2c([nH]c3ccccc23)[C@H]1c1ccc2c(c1)CCO2.